The summed E-state index contributed by atoms with van der Waals surface area (Å²) in [5.74, 6) is 0.114. The van der Waals surface area contributed by atoms with Gasteiger partial charge in [0.25, 0.3) is 0 Å². The Balaban J connectivity index is 1.54. The van der Waals surface area contributed by atoms with E-state index in [0.717, 1.165) is 11.3 Å². The summed E-state index contributed by atoms with van der Waals surface area (Å²) in [6, 6.07) is 12.7. The summed E-state index contributed by atoms with van der Waals surface area (Å²) in [4.78, 5) is 25.4. The third kappa shape index (κ3) is 6.27. The summed E-state index contributed by atoms with van der Waals surface area (Å²) in [6.45, 7) is 2.34. The lowest BCUT2D eigenvalue weighted by atomic mass is 9.98. The fraction of sp³-hybridized carbons (Fsp3) is 0.417. The van der Waals surface area contributed by atoms with E-state index in [0.29, 0.717) is 31.7 Å². The maximum absolute atomic E-state index is 13.0. The molecule has 34 heavy (non-hydrogen) atoms. The average Bonchev–Trinajstić information content (AvgIpc) is 2.87. The molecule has 2 N–H and O–H groups in total. The van der Waals surface area contributed by atoms with Crippen LogP contribution in [0.2, 0.25) is 0 Å². The number of carbonyl (C=O) groups is 2. The lowest BCUT2D eigenvalue weighted by Gasteiger charge is -2.31. The second kappa shape index (κ2) is 11.3. The molecule has 9 nitrogen and oxygen atoms in total. The molecule has 2 amide bonds. The van der Waals surface area contributed by atoms with Crippen molar-refractivity contribution in [1.29, 1.82) is 0 Å². The Labute approximate surface area is 200 Å². The van der Waals surface area contributed by atoms with Crippen LogP contribution in [-0.2, 0) is 26.2 Å². The van der Waals surface area contributed by atoms with Crippen molar-refractivity contribution in [3.8, 4) is 11.5 Å². The first-order chi connectivity index (χ1) is 16.2. The van der Waals surface area contributed by atoms with Crippen LogP contribution in [0.25, 0.3) is 0 Å². The van der Waals surface area contributed by atoms with Gasteiger partial charge in [0.15, 0.2) is 0 Å². The Kier molecular flexibility index (Phi) is 8.51. The summed E-state index contributed by atoms with van der Waals surface area (Å²) in [6.07, 6.45) is 1.12. The van der Waals surface area contributed by atoms with Gasteiger partial charge in [-0.2, -0.15) is 4.31 Å². The Morgan fingerprint density at radius 1 is 1.03 bits per heavy atom. The first kappa shape index (κ1) is 25.5. The molecule has 1 heterocycles. The minimum absolute atomic E-state index is 0.0698. The molecule has 2 aromatic carbocycles. The Morgan fingerprint density at radius 2 is 1.62 bits per heavy atom. The van der Waals surface area contributed by atoms with Gasteiger partial charge in [0.1, 0.15) is 17.5 Å². The van der Waals surface area contributed by atoms with Gasteiger partial charge in [0.2, 0.25) is 21.8 Å². The van der Waals surface area contributed by atoms with Gasteiger partial charge >= 0.3 is 0 Å². The number of nitrogens with one attached hydrogen (secondary N) is 2. The third-order valence-electron chi connectivity index (χ3n) is 5.83. The SMILES string of the molecule is COc1ccc(CNC(=O)[C@H](C)NC(=O)[C@H]2CCCN(S(=O)(=O)c3ccc(OC)cc3)C2)cc1. The van der Waals surface area contributed by atoms with Gasteiger partial charge < -0.3 is 20.1 Å². The normalized spacial score (nSPS) is 17.4. The standard InChI is InChI=1S/C24H31N3O6S/c1-17(23(28)25-15-18-6-8-20(32-2)9-7-18)26-24(29)19-5-4-14-27(16-19)34(30,31)22-12-10-21(33-3)11-13-22/h6-13,17,19H,4-5,14-16H2,1-3H3,(H,25,28)(H,26,29)/t17-,19-/m0/s1. The van der Waals surface area contributed by atoms with Gasteiger partial charge in [-0.15, -0.1) is 0 Å². The van der Waals surface area contributed by atoms with E-state index in [2.05, 4.69) is 10.6 Å². The zero-order chi connectivity index (χ0) is 24.7. The molecule has 2 atom stereocenters. The predicted molar refractivity (Wildman–Crippen MR) is 127 cm³/mol. The Hall–Kier alpha value is -3.11. The van der Waals surface area contributed by atoms with E-state index < -0.39 is 22.0 Å². The number of amides is 2. The summed E-state index contributed by atoms with van der Waals surface area (Å²) in [5.41, 5.74) is 0.902. The largest absolute Gasteiger partial charge is 0.497 e. The molecule has 1 saturated heterocycles. The highest BCUT2D eigenvalue weighted by atomic mass is 32.2. The van der Waals surface area contributed by atoms with E-state index in [1.807, 2.05) is 24.3 Å². The molecule has 3 rings (SSSR count). The predicted octanol–water partition coefficient (Wildman–Crippen LogP) is 1.93. The van der Waals surface area contributed by atoms with Gasteiger partial charge in [0, 0.05) is 19.6 Å². The van der Waals surface area contributed by atoms with Crippen LogP contribution in [-0.4, -0.2) is 57.9 Å². The van der Waals surface area contributed by atoms with Gasteiger partial charge in [-0.25, -0.2) is 8.42 Å². The van der Waals surface area contributed by atoms with Crippen LogP contribution < -0.4 is 20.1 Å². The number of rotatable bonds is 9. The monoisotopic (exact) mass is 489 g/mol. The smallest absolute Gasteiger partial charge is 0.243 e. The van der Waals surface area contributed by atoms with E-state index in [1.165, 1.54) is 23.5 Å². The summed E-state index contributed by atoms with van der Waals surface area (Å²) in [5, 5.41) is 5.52. The maximum Gasteiger partial charge on any atom is 0.243 e. The molecule has 0 aliphatic carbocycles. The van der Waals surface area contributed by atoms with Gasteiger partial charge in [-0.3, -0.25) is 9.59 Å². The second-order valence-electron chi connectivity index (χ2n) is 8.17. The van der Waals surface area contributed by atoms with Crippen LogP contribution in [0.1, 0.15) is 25.3 Å². The van der Waals surface area contributed by atoms with Gasteiger partial charge in [0.05, 0.1) is 25.0 Å². The van der Waals surface area contributed by atoms with E-state index in [9.17, 15) is 18.0 Å². The fourth-order valence-electron chi connectivity index (χ4n) is 3.75. The van der Waals surface area contributed by atoms with Crippen molar-refractivity contribution in [1.82, 2.24) is 14.9 Å². The van der Waals surface area contributed by atoms with E-state index in [1.54, 1.807) is 26.2 Å². The molecule has 0 aromatic heterocycles. The molecule has 0 unspecified atom stereocenters. The topological polar surface area (TPSA) is 114 Å². The maximum atomic E-state index is 13.0. The lowest BCUT2D eigenvalue weighted by molar-refractivity contribution is -0.131. The third-order valence-corrected chi connectivity index (χ3v) is 7.71. The van der Waals surface area contributed by atoms with Crippen LogP contribution in [0.5, 0.6) is 11.5 Å². The number of nitrogens with zero attached hydrogens (tertiary/aromatic N) is 1. The molecule has 184 valence electrons. The van der Waals surface area contributed by atoms with Crippen molar-refractivity contribution in [2.24, 2.45) is 5.92 Å². The quantitative estimate of drug-likeness (QED) is 0.556. The van der Waals surface area contributed by atoms with Crippen molar-refractivity contribution in [3.05, 3.63) is 54.1 Å². The molecule has 1 aliphatic heterocycles. The highest BCUT2D eigenvalue weighted by Gasteiger charge is 2.34. The molecule has 1 aliphatic rings. The molecule has 1 fully saturated rings. The Bertz CT molecular complexity index is 1090. The molecule has 0 bridgehead atoms. The second-order valence-corrected chi connectivity index (χ2v) is 10.1. The highest BCUT2D eigenvalue weighted by Crippen LogP contribution is 2.25. The minimum Gasteiger partial charge on any atom is -0.497 e. The van der Waals surface area contributed by atoms with Crippen molar-refractivity contribution < 1.29 is 27.5 Å². The molecule has 0 radical (unpaired) electrons. The van der Waals surface area contributed by atoms with Crippen LogP contribution in [0.3, 0.4) is 0 Å². The average molecular weight is 490 g/mol. The first-order valence-corrected chi connectivity index (χ1v) is 12.5. The van der Waals surface area contributed by atoms with Gasteiger partial charge in [-0.1, -0.05) is 12.1 Å². The highest BCUT2D eigenvalue weighted by molar-refractivity contribution is 7.89. The van der Waals surface area contributed by atoms with E-state index in [4.69, 9.17) is 9.47 Å². The van der Waals surface area contributed by atoms with Gasteiger partial charge in [-0.05, 0) is 61.7 Å². The Morgan fingerprint density at radius 3 is 2.21 bits per heavy atom. The molecular weight excluding hydrogens is 458 g/mol. The van der Waals surface area contributed by atoms with Crippen LogP contribution in [0.4, 0.5) is 0 Å². The zero-order valence-electron chi connectivity index (χ0n) is 19.6. The number of hydrogen-bond acceptors (Lipinski definition) is 6. The summed E-state index contributed by atoms with van der Waals surface area (Å²) < 4.78 is 37.6. The summed E-state index contributed by atoms with van der Waals surface area (Å²) in [7, 11) is -0.637. The molecular formula is C24H31N3O6S. The number of ether oxygens (including phenoxy) is 2. The molecule has 0 spiro atoms. The van der Waals surface area contributed by atoms with Crippen LogP contribution >= 0.6 is 0 Å². The van der Waals surface area contributed by atoms with E-state index in [-0.39, 0.29) is 23.3 Å². The number of piperidine rings is 1. The lowest BCUT2D eigenvalue weighted by Crippen LogP contribution is -2.50. The summed E-state index contributed by atoms with van der Waals surface area (Å²) >= 11 is 0. The molecule has 2 aromatic rings. The van der Waals surface area contributed by atoms with Crippen molar-refractivity contribution in [3.63, 3.8) is 0 Å². The number of benzene rings is 2. The number of hydrogen-bond donors (Lipinski definition) is 2. The number of methoxy groups -OCH3 is 2. The first-order valence-electron chi connectivity index (χ1n) is 11.1. The van der Waals surface area contributed by atoms with Crippen LogP contribution in [0.15, 0.2) is 53.4 Å². The van der Waals surface area contributed by atoms with E-state index >= 15 is 0 Å². The molecule has 0 saturated carbocycles. The number of carbonyl (C=O) groups excluding carboxylic acids is 2. The minimum atomic E-state index is -3.73. The zero-order valence-corrected chi connectivity index (χ0v) is 20.4. The van der Waals surface area contributed by atoms with Crippen molar-refractivity contribution in [2.45, 2.75) is 37.2 Å². The number of sulfonamides is 1. The van der Waals surface area contributed by atoms with Crippen LogP contribution in [0, 0.1) is 5.92 Å². The fourth-order valence-corrected chi connectivity index (χ4v) is 5.28. The molecule has 10 heteroatoms. The van der Waals surface area contributed by atoms with Crippen molar-refractivity contribution in [2.75, 3.05) is 27.3 Å². The van der Waals surface area contributed by atoms with Crippen molar-refractivity contribution >= 4 is 21.8 Å².